The van der Waals surface area contributed by atoms with E-state index in [0.717, 1.165) is 35.5 Å². The van der Waals surface area contributed by atoms with Gasteiger partial charge >= 0.3 is 6.09 Å². The predicted octanol–water partition coefficient (Wildman–Crippen LogP) is 4.70. The molecule has 0 aliphatic carbocycles. The molecule has 2 fully saturated rings. The van der Waals surface area contributed by atoms with Gasteiger partial charge in [0.15, 0.2) is 0 Å². The van der Waals surface area contributed by atoms with Crippen molar-refractivity contribution in [1.29, 1.82) is 0 Å². The van der Waals surface area contributed by atoms with Crippen LogP contribution in [0.4, 0.5) is 10.5 Å². The first-order chi connectivity index (χ1) is 17.1. The zero-order valence-corrected chi connectivity index (χ0v) is 19.9. The highest BCUT2D eigenvalue weighted by atomic mass is 16.6. The number of hydrogen-bond acceptors (Lipinski definition) is 5. The molecule has 1 spiro atoms. The molecular weight excluding hydrogens is 442 g/mol. The molecule has 2 aromatic carbocycles. The summed E-state index contributed by atoms with van der Waals surface area (Å²) in [5.74, 6) is 0.787. The van der Waals surface area contributed by atoms with E-state index in [1.807, 2.05) is 65.6 Å². The Morgan fingerprint density at radius 1 is 1.06 bits per heavy atom. The van der Waals surface area contributed by atoms with Gasteiger partial charge in [-0.15, -0.1) is 0 Å². The van der Waals surface area contributed by atoms with Gasteiger partial charge in [-0.2, -0.15) is 0 Å². The lowest BCUT2D eigenvalue weighted by atomic mass is 9.95. The molecule has 0 saturated carbocycles. The number of aromatic nitrogens is 1. The van der Waals surface area contributed by atoms with Crippen LogP contribution >= 0.6 is 0 Å². The Balaban J connectivity index is 1.27. The monoisotopic (exact) mass is 471 g/mol. The van der Waals surface area contributed by atoms with E-state index in [2.05, 4.69) is 4.98 Å². The number of pyridine rings is 1. The van der Waals surface area contributed by atoms with Crippen LogP contribution in [0.3, 0.4) is 0 Å². The van der Waals surface area contributed by atoms with Gasteiger partial charge in [0.1, 0.15) is 11.4 Å². The van der Waals surface area contributed by atoms with E-state index in [1.54, 1.807) is 24.3 Å². The van der Waals surface area contributed by atoms with E-state index in [-0.39, 0.29) is 12.0 Å². The fourth-order valence-electron chi connectivity index (χ4n) is 5.00. The van der Waals surface area contributed by atoms with E-state index in [9.17, 15) is 9.59 Å². The van der Waals surface area contributed by atoms with Crippen molar-refractivity contribution in [2.75, 3.05) is 31.6 Å². The molecule has 2 aliphatic rings. The lowest BCUT2D eigenvalue weighted by Gasteiger charge is -2.25. The number of ether oxygens (including phenoxy) is 2. The van der Waals surface area contributed by atoms with Crippen LogP contribution in [0.1, 0.15) is 40.9 Å². The van der Waals surface area contributed by atoms with Gasteiger partial charge in [-0.3, -0.25) is 14.7 Å². The molecule has 2 saturated heterocycles. The Bertz CT molecular complexity index is 1220. The largest absolute Gasteiger partial charge is 0.496 e. The summed E-state index contributed by atoms with van der Waals surface area (Å²) in [7, 11) is 1.65. The summed E-state index contributed by atoms with van der Waals surface area (Å²) in [5.41, 5.74) is 2.74. The molecule has 0 N–H and O–H groups in total. The molecule has 0 bridgehead atoms. The van der Waals surface area contributed by atoms with Gasteiger partial charge in [-0.1, -0.05) is 36.4 Å². The molecule has 3 aromatic rings. The third-order valence-electron chi connectivity index (χ3n) is 6.85. The van der Waals surface area contributed by atoms with Gasteiger partial charge in [0.2, 0.25) is 0 Å². The van der Waals surface area contributed by atoms with Crippen LogP contribution in [0.5, 0.6) is 5.75 Å². The Kier molecular flexibility index (Phi) is 6.40. The van der Waals surface area contributed by atoms with Crippen LogP contribution < -0.4 is 9.64 Å². The average Bonchev–Trinajstić information content (AvgIpc) is 3.08. The number of likely N-dealkylation sites (tertiary alicyclic amines) is 1. The van der Waals surface area contributed by atoms with Crippen molar-refractivity contribution >= 4 is 17.7 Å². The second-order valence-electron chi connectivity index (χ2n) is 9.14. The average molecular weight is 472 g/mol. The molecule has 5 rings (SSSR count). The van der Waals surface area contributed by atoms with Crippen molar-refractivity contribution in [3.63, 3.8) is 0 Å². The van der Waals surface area contributed by atoms with E-state index < -0.39 is 5.60 Å². The number of rotatable bonds is 5. The Labute approximate surface area is 205 Å². The number of carbonyl (C=O) groups is 2. The van der Waals surface area contributed by atoms with E-state index in [1.165, 1.54) is 0 Å². The number of carbonyl (C=O) groups excluding carboxylic acids is 2. The fourth-order valence-corrected chi connectivity index (χ4v) is 5.00. The highest BCUT2D eigenvalue weighted by molar-refractivity contribution is 5.94. The normalized spacial score (nSPS) is 20.0. The third kappa shape index (κ3) is 4.85. The molecule has 7 nitrogen and oxygen atoms in total. The first-order valence-corrected chi connectivity index (χ1v) is 12.0. The summed E-state index contributed by atoms with van der Waals surface area (Å²) in [6, 6.07) is 21.0. The maximum absolute atomic E-state index is 13.4. The quantitative estimate of drug-likeness (QED) is 0.539. The second-order valence-corrected chi connectivity index (χ2v) is 9.14. The summed E-state index contributed by atoms with van der Waals surface area (Å²) in [6.45, 7) is 1.68. The number of hydrogen-bond donors (Lipinski definition) is 0. The molecular formula is C28H29N3O4. The highest BCUT2D eigenvalue weighted by Crippen LogP contribution is 2.36. The van der Waals surface area contributed by atoms with E-state index in [0.29, 0.717) is 38.0 Å². The van der Waals surface area contributed by atoms with Crippen LogP contribution in [0.15, 0.2) is 72.9 Å². The molecule has 35 heavy (non-hydrogen) atoms. The minimum atomic E-state index is -0.560. The standard InChI is InChI=1S/C28H29N3O4/c1-34-25-11-6-5-8-21(25)18-23-19-22(12-15-29-23)26(32)30-16-7-13-28(14-17-30)20-31(27(33)35-28)24-9-3-2-4-10-24/h2-6,8-12,15,19H,7,13-14,16-18,20H2,1H3/t28-/m1/s1. The minimum absolute atomic E-state index is 0.0186. The van der Waals surface area contributed by atoms with Crippen molar-refractivity contribution in [1.82, 2.24) is 9.88 Å². The molecule has 2 aliphatic heterocycles. The predicted molar refractivity (Wildman–Crippen MR) is 133 cm³/mol. The van der Waals surface area contributed by atoms with Gasteiger partial charge in [0, 0.05) is 54.6 Å². The second kappa shape index (κ2) is 9.78. The first-order valence-electron chi connectivity index (χ1n) is 12.0. The topological polar surface area (TPSA) is 72.0 Å². The molecule has 180 valence electrons. The number of benzene rings is 2. The number of amides is 2. The molecule has 0 radical (unpaired) electrons. The summed E-state index contributed by atoms with van der Waals surface area (Å²) in [5, 5.41) is 0. The van der Waals surface area contributed by atoms with Gasteiger partial charge < -0.3 is 14.4 Å². The smallest absolute Gasteiger partial charge is 0.415 e. The zero-order valence-electron chi connectivity index (χ0n) is 19.9. The maximum atomic E-state index is 13.4. The molecule has 3 heterocycles. The summed E-state index contributed by atoms with van der Waals surface area (Å²) in [4.78, 5) is 34.1. The van der Waals surface area contributed by atoms with Gasteiger partial charge in [-0.05, 0) is 43.2 Å². The molecule has 1 aromatic heterocycles. The summed E-state index contributed by atoms with van der Waals surface area (Å²) < 4.78 is 11.4. The molecule has 7 heteroatoms. The van der Waals surface area contributed by atoms with Gasteiger partial charge in [0.25, 0.3) is 5.91 Å². The Hall–Kier alpha value is -3.87. The first kappa shape index (κ1) is 22.9. The van der Waals surface area contributed by atoms with Crippen LogP contribution in [0.2, 0.25) is 0 Å². The number of anilines is 1. The third-order valence-corrected chi connectivity index (χ3v) is 6.85. The fraction of sp³-hybridized carbons (Fsp3) is 0.321. The van der Waals surface area contributed by atoms with Crippen LogP contribution in [-0.2, 0) is 11.2 Å². The van der Waals surface area contributed by atoms with Crippen LogP contribution in [-0.4, -0.2) is 54.2 Å². The number of para-hydroxylation sites is 2. The Morgan fingerprint density at radius 3 is 2.69 bits per heavy atom. The molecule has 0 unspecified atom stereocenters. The summed E-state index contributed by atoms with van der Waals surface area (Å²) in [6.07, 6.45) is 4.09. The molecule has 1 atom stereocenters. The SMILES string of the molecule is COc1ccccc1Cc1cc(C(=O)N2CCC[C@@]3(CC2)CN(c2ccccc2)C(=O)O3)ccn1. The van der Waals surface area contributed by atoms with Crippen molar-refractivity contribution in [2.24, 2.45) is 0 Å². The Morgan fingerprint density at radius 2 is 1.86 bits per heavy atom. The maximum Gasteiger partial charge on any atom is 0.415 e. The van der Waals surface area contributed by atoms with Crippen molar-refractivity contribution in [3.05, 3.63) is 89.7 Å². The number of nitrogens with zero attached hydrogens (tertiary/aromatic N) is 3. The minimum Gasteiger partial charge on any atom is -0.496 e. The van der Waals surface area contributed by atoms with Crippen LogP contribution in [0, 0.1) is 0 Å². The lowest BCUT2D eigenvalue weighted by molar-refractivity contribution is 0.0438. The highest BCUT2D eigenvalue weighted by Gasteiger charge is 2.46. The van der Waals surface area contributed by atoms with Crippen LogP contribution in [0.25, 0.3) is 0 Å². The molecule has 2 amide bonds. The van der Waals surface area contributed by atoms with Gasteiger partial charge in [0.05, 0.1) is 13.7 Å². The summed E-state index contributed by atoms with van der Waals surface area (Å²) >= 11 is 0. The van der Waals surface area contributed by atoms with E-state index >= 15 is 0 Å². The number of methoxy groups -OCH3 is 1. The van der Waals surface area contributed by atoms with Crippen molar-refractivity contribution in [2.45, 2.75) is 31.3 Å². The van der Waals surface area contributed by atoms with Gasteiger partial charge in [-0.25, -0.2) is 4.79 Å². The zero-order chi connectivity index (χ0) is 24.3. The van der Waals surface area contributed by atoms with E-state index in [4.69, 9.17) is 9.47 Å². The van der Waals surface area contributed by atoms with Crippen molar-refractivity contribution in [3.8, 4) is 5.75 Å². The lowest BCUT2D eigenvalue weighted by Crippen LogP contribution is -2.37. The van der Waals surface area contributed by atoms with Crippen molar-refractivity contribution < 1.29 is 19.1 Å².